The lowest BCUT2D eigenvalue weighted by molar-refractivity contribution is -0.136. The summed E-state index contributed by atoms with van der Waals surface area (Å²) >= 11 is 0. The topological polar surface area (TPSA) is 78.5 Å². The Hall–Kier alpha value is -2.37. The van der Waals surface area contributed by atoms with E-state index in [4.69, 9.17) is 0 Å². The minimum Gasteiger partial charge on any atom is -0.345 e. The van der Waals surface area contributed by atoms with E-state index in [0.29, 0.717) is 12.1 Å². The highest BCUT2D eigenvalue weighted by atomic mass is 16.2. The second kappa shape index (κ2) is 8.47. The Kier molecular flexibility index (Phi) is 6.35. The van der Waals surface area contributed by atoms with Gasteiger partial charge in [-0.15, -0.1) is 0 Å². The van der Waals surface area contributed by atoms with Gasteiger partial charge in [-0.1, -0.05) is 24.6 Å². The number of nitrogens with zero attached hydrogens (tertiary/aromatic N) is 1. The van der Waals surface area contributed by atoms with E-state index in [2.05, 4.69) is 10.6 Å². The van der Waals surface area contributed by atoms with Crippen molar-refractivity contribution >= 4 is 23.4 Å². The maximum absolute atomic E-state index is 12.0. The maximum atomic E-state index is 12.0. The van der Waals surface area contributed by atoms with E-state index in [0.717, 1.165) is 24.8 Å². The minimum atomic E-state index is -0.301. The van der Waals surface area contributed by atoms with E-state index in [1.165, 1.54) is 0 Å². The molecule has 0 spiro atoms. The van der Waals surface area contributed by atoms with E-state index in [9.17, 15) is 14.4 Å². The summed E-state index contributed by atoms with van der Waals surface area (Å²) in [6.07, 6.45) is 3.13. The lowest BCUT2D eigenvalue weighted by Gasteiger charge is -2.21. The highest BCUT2D eigenvalue weighted by Gasteiger charge is 2.33. The third kappa shape index (κ3) is 5.68. The quantitative estimate of drug-likeness (QED) is 0.763. The molecule has 0 aliphatic heterocycles. The van der Waals surface area contributed by atoms with Crippen LogP contribution in [0.3, 0.4) is 0 Å². The molecule has 0 heterocycles. The number of aryl methyl sites for hydroxylation is 1. The van der Waals surface area contributed by atoms with Crippen molar-refractivity contribution in [3.8, 4) is 0 Å². The Balaban J connectivity index is 1.76. The minimum absolute atomic E-state index is 0.0132. The van der Waals surface area contributed by atoms with Crippen molar-refractivity contribution in [2.24, 2.45) is 0 Å². The van der Waals surface area contributed by atoms with E-state index < -0.39 is 0 Å². The summed E-state index contributed by atoms with van der Waals surface area (Å²) in [6, 6.07) is 7.62. The van der Waals surface area contributed by atoms with Crippen molar-refractivity contribution in [2.75, 3.05) is 18.4 Å². The van der Waals surface area contributed by atoms with E-state index in [1.807, 2.05) is 38.1 Å². The van der Waals surface area contributed by atoms with E-state index in [1.54, 1.807) is 4.90 Å². The summed E-state index contributed by atoms with van der Waals surface area (Å²) in [5, 5.41) is 5.30. The summed E-state index contributed by atoms with van der Waals surface area (Å²) in [6.45, 7) is 3.84. The van der Waals surface area contributed by atoms with Gasteiger partial charge >= 0.3 is 0 Å². The predicted octanol–water partition coefficient (Wildman–Crippen LogP) is 1.84. The van der Waals surface area contributed by atoms with Crippen LogP contribution in [0.1, 0.15) is 38.2 Å². The number of carbonyl (C=O) groups excluding carboxylic acids is 3. The van der Waals surface area contributed by atoms with Crippen LogP contribution >= 0.6 is 0 Å². The van der Waals surface area contributed by atoms with Gasteiger partial charge in [0.2, 0.25) is 17.7 Å². The van der Waals surface area contributed by atoms with Gasteiger partial charge in [0.25, 0.3) is 0 Å². The van der Waals surface area contributed by atoms with Crippen LogP contribution in [0.4, 0.5) is 5.69 Å². The van der Waals surface area contributed by atoms with E-state index >= 15 is 0 Å². The number of hydrogen-bond acceptors (Lipinski definition) is 3. The molecule has 1 fully saturated rings. The van der Waals surface area contributed by atoms with Gasteiger partial charge in [-0.05, 0) is 38.3 Å². The molecule has 0 radical (unpaired) electrons. The lowest BCUT2D eigenvalue weighted by Crippen LogP contribution is -2.43. The first-order chi connectivity index (χ1) is 11.5. The van der Waals surface area contributed by atoms with Crippen LogP contribution in [0, 0.1) is 6.92 Å². The molecule has 2 rings (SSSR count). The Labute approximate surface area is 142 Å². The number of hydrogen-bond donors (Lipinski definition) is 2. The van der Waals surface area contributed by atoms with E-state index in [-0.39, 0.29) is 36.9 Å². The molecule has 130 valence electrons. The van der Waals surface area contributed by atoms with Gasteiger partial charge in [-0.25, -0.2) is 0 Å². The molecule has 1 aromatic rings. The number of amides is 3. The molecular formula is C18H25N3O3. The Morgan fingerprint density at radius 2 is 1.79 bits per heavy atom. The molecule has 6 nitrogen and oxygen atoms in total. The molecule has 0 saturated heterocycles. The first kappa shape index (κ1) is 18.0. The Morgan fingerprint density at radius 3 is 2.38 bits per heavy atom. The van der Waals surface area contributed by atoms with Crippen LogP contribution in [0.25, 0.3) is 0 Å². The number of rotatable bonds is 8. The van der Waals surface area contributed by atoms with Crippen LogP contribution in [0.5, 0.6) is 0 Å². The Bertz CT molecular complexity index is 594. The van der Waals surface area contributed by atoms with Gasteiger partial charge in [0.05, 0.1) is 13.1 Å². The third-order valence-corrected chi connectivity index (χ3v) is 3.87. The van der Waals surface area contributed by atoms with Gasteiger partial charge in [-0.3, -0.25) is 14.4 Å². The maximum Gasteiger partial charge on any atom is 0.243 e. The molecule has 0 aromatic heterocycles. The normalized spacial score (nSPS) is 13.2. The van der Waals surface area contributed by atoms with Gasteiger partial charge in [0.15, 0.2) is 0 Å². The standard InChI is InChI=1S/C18H25N3O3/c1-3-4-18(24)21(15-9-10-15)12-17(23)19-11-16(22)20-14-7-5-13(2)6-8-14/h5-8,15H,3-4,9-12H2,1-2H3,(H,19,23)(H,20,22). The summed E-state index contributed by atoms with van der Waals surface area (Å²) in [5.41, 5.74) is 1.80. The van der Waals surface area contributed by atoms with Crippen molar-refractivity contribution < 1.29 is 14.4 Å². The van der Waals surface area contributed by atoms with Gasteiger partial charge in [-0.2, -0.15) is 0 Å². The van der Waals surface area contributed by atoms with Crippen molar-refractivity contribution in [3.63, 3.8) is 0 Å². The molecule has 1 aliphatic rings. The molecule has 1 saturated carbocycles. The molecule has 0 unspecified atom stereocenters. The first-order valence-corrected chi connectivity index (χ1v) is 8.42. The van der Waals surface area contributed by atoms with Crippen LogP contribution in [0.15, 0.2) is 24.3 Å². The molecule has 3 amide bonds. The van der Waals surface area contributed by atoms with Crippen molar-refractivity contribution in [3.05, 3.63) is 29.8 Å². The Morgan fingerprint density at radius 1 is 1.12 bits per heavy atom. The lowest BCUT2D eigenvalue weighted by atomic mass is 10.2. The van der Waals surface area contributed by atoms with Gasteiger partial charge in [0.1, 0.15) is 0 Å². The van der Waals surface area contributed by atoms with Gasteiger partial charge in [0, 0.05) is 18.2 Å². The highest BCUT2D eigenvalue weighted by Crippen LogP contribution is 2.27. The fourth-order valence-electron chi connectivity index (χ4n) is 2.40. The van der Waals surface area contributed by atoms with Crippen LogP contribution < -0.4 is 10.6 Å². The average molecular weight is 331 g/mol. The summed E-state index contributed by atoms with van der Waals surface area (Å²) < 4.78 is 0. The second-order valence-electron chi connectivity index (χ2n) is 6.19. The van der Waals surface area contributed by atoms with Crippen LogP contribution in [-0.2, 0) is 14.4 Å². The summed E-state index contributed by atoms with van der Waals surface area (Å²) in [5.74, 6) is -0.574. The summed E-state index contributed by atoms with van der Waals surface area (Å²) in [4.78, 5) is 37.5. The smallest absolute Gasteiger partial charge is 0.243 e. The number of benzene rings is 1. The average Bonchev–Trinajstić information content (AvgIpc) is 3.38. The van der Waals surface area contributed by atoms with Crippen LogP contribution in [0.2, 0.25) is 0 Å². The molecule has 0 bridgehead atoms. The fourth-order valence-corrected chi connectivity index (χ4v) is 2.40. The monoisotopic (exact) mass is 331 g/mol. The van der Waals surface area contributed by atoms with Crippen molar-refractivity contribution in [2.45, 2.75) is 45.6 Å². The van der Waals surface area contributed by atoms with Crippen molar-refractivity contribution in [1.82, 2.24) is 10.2 Å². The zero-order chi connectivity index (χ0) is 17.5. The third-order valence-electron chi connectivity index (χ3n) is 3.87. The molecule has 2 N–H and O–H groups in total. The second-order valence-corrected chi connectivity index (χ2v) is 6.19. The first-order valence-electron chi connectivity index (χ1n) is 8.42. The summed E-state index contributed by atoms with van der Waals surface area (Å²) in [7, 11) is 0. The number of carbonyl (C=O) groups is 3. The predicted molar refractivity (Wildman–Crippen MR) is 92.5 cm³/mol. The highest BCUT2D eigenvalue weighted by molar-refractivity contribution is 5.95. The number of anilines is 1. The van der Waals surface area contributed by atoms with Crippen LogP contribution in [-0.4, -0.2) is 41.8 Å². The fraction of sp³-hybridized carbons (Fsp3) is 0.500. The van der Waals surface area contributed by atoms with Gasteiger partial charge < -0.3 is 15.5 Å². The largest absolute Gasteiger partial charge is 0.345 e. The zero-order valence-corrected chi connectivity index (χ0v) is 14.3. The van der Waals surface area contributed by atoms with Crippen molar-refractivity contribution in [1.29, 1.82) is 0 Å². The molecule has 0 atom stereocenters. The molecule has 6 heteroatoms. The molecule has 1 aromatic carbocycles. The molecular weight excluding hydrogens is 306 g/mol. The zero-order valence-electron chi connectivity index (χ0n) is 14.3. The number of nitrogens with one attached hydrogen (secondary N) is 2. The SMILES string of the molecule is CCCC(=O)N(CC(=O)NCC(=O)Nc1ccc(C)cc1)C1CC1. The molecule has 1 aliphatic carbocycles. The molecule has 24 heavy (non-hydrogen) atoms.